The summed E-state index contributed by atoms with van der Waals surface area (Å²) >= 11 is 0. The first-order valence-corrected chi connectivity index (χ1v) is 11.8. The van der Waals surface area contributed by atoms with Gasteiger partial charge in [-0.25, -0.2) is 9.97 Å². The minimum Gasteiger partial charge on any atom is -0.362 e. The SMILES string of the molecule is C=C(NP=C1CCC[C@@H]1Nc1ncc(C(F)(F)F)nc1C(C)C)c1ccccc1-n1nccn1. The number of halogens is 3. The Morgan fingerprint density at radius 3 is 2.65 bits per heavy atom. The molecular weight excluding hydrogens is 462 g/mol. The van der Waals surface area contributed by atoms with Crippen LogP contribution >= 0.6 is 8.35 Å². The highest BCUT2D eigenvalue weighted by molar-refractivity contribution is 7.39. The molecule has 1 aromatic carbocycles. The Morgan fingerprint density at radius 1 is 1.21 bits per heavy atom. The molecule has 2 aromatic heterocycles. The number of para-hydroxylation sites is 1. The van der Waals surface area contributed by atoms with E-state index in [4.69, 9.17) is 0 Å². The molecule has 0 spiro atoms. The predicted octanol–water partition coefficient (Wildman–Crippen LogP) is 5.46. The highest BCUT2D eigenvalue weighted by Crippen LogP contribution is 2.32. The van der Waals surface area contributed by atoms with E-state index in [0.717, 1.165) is 50.8 Å². The lowest BCUT2D eigenvalue weighted by Crippen LogP contribution is -2.26. The van der Waals surface area contributed by atoms with Crippen LogP contribution in [0, 0.1) is 0 Å². The number of aromatic nitrogens is 5. The largest absolute Gasteiger partial charge is 0.434 e. The minimum atomic E-state index is -4.52. The maximum Gasteiger partial charge on any atom is 0.434 e. The Morgan fingerprint density at radius 2 is 1.94 bits per heavy atom. The fraction of sp³-hybridized carbons (Fsp3) is 0.348. The second kappa shape index (κ2) is 9.93. The van der Waals surface area contributed by atoms with E-state index >= 15 is 0 Å². The molecule has 7 nitrogen and oxygen atoms in total. The van der Waals surface area contributed by atoms with Crippen LogP contribution in [0.3, 0.4) is 0 Å². The number of alkyl halides is 3. The molecule has 0 saturated heterocycles. The van der Waals surface area contributed by atoms with Crippen molar-refractivity contribution < 1.29 is 13.2 Å². The molecule has 0 amide bonds. The smallest absolute Gasteiger partial charge is 0.362 e. The molecule has 0 aliphatic heterocycles. The van der Waals surface area contributed by atoms with Crippen molar-refractivity contribution in [1.29, 1.82) is 0 Å². The summed E-state index contributed by atoms with van der Waals surface area (Å²) in [6.45, 7) is 7.81. The zero-order valence-electron chi connectivity index (χ0n) is 18.8. The summed E-state index contributed by atoms with van der Waals surface area (Å²) in [4.78, 5) is 9.48. The van der Waals surface area contributed by atoms with Gasteiger partial charge in [-0.05, 0) is 36.5 Å². The minimum absolute atomic E-state index is 0.0199. The summed E-state index contributed by atoms with van der Waals surface area (Å²) in [5.74, 6) is 0.196. The Kier molecular flexibility index (Phi) is 6.97. The van der Waals surface area contributed by atoms with Gasteiger partial charge in [0.2, 0.25) is 0 Å². The summed E-state index contributed by atoms with van der Waals surface area (Å²) in [7, 11) is 0.880. The van der Waals surface area contributed by atoms with Gasteiger partial charge in [0.25, 0.3) is 0 Å². The molecule has 0 unspecified atom stereocenters. The van der Waals surface area contributed by atoms with E-state index in [1.807, 2.05) is 38.1 Å². The lowest BCUT2D eigenvalue weighted by molar-refractivity contribution is -0.141. The zero-order valence-corrected chi connectivity index (χ0v) is 19.7. The number of rotatable bonds is 7. The quantitative estimate of drug-likeness (QED) is 0.431. The normalized spacial score (nSPS) is 17.4. The Bertz CT molecular complexity index is 1190. The second-order valence-electron chi connectivity index (χ2n) is 8.26. The maximum absolute atomic E-state index is 13.1. The molecular formula is C23H25F3N7P. The highest BCUT2D eigenvalue weighted by atomic mass is 31.1. The average Bonchev–Trinajstić information content (AvgIpc) is 3.49. The van der Waals surface area contributed by atoms with Crippen LogP contribution in [0.5, 0.6) is 0 Å². The van der Waals surface area contributed by atoms with Gasteiger partial charge in [0, 0.05) is 19.6 Å². The Hall–Kier alpha value is -3.26. The van der Waals surface area contributed by atoms with Crippen molar-refractivity contribution in [3.63, 3.8) is 0 Å². The highest BCUT2D eigenvalue weighted by Gasteiger charge is 2.34. The molecule has 11 heteroatoms. The third-order valence-electron chi connectivity index (χ3n) is 5.47. The van der Waals surface area contributed by atoms with Gasteiger partial charge < -0.3 is 10.4 Å². The van der Waals surface area contributed by atoms with E-state index in [0.29, 0.717) is 11.5 Å². The molecule has 0 bridgehead atoms. The second-order valence-corrected chi connectivity index (χ2v) is 9.28. The van der Waals surface area contributed by atoms with Gasteiger partial charge in [0.15, 0.2) is 5.69 Å². The van der Waals surface area contributed by atoms with Gasteiger partial charge in [-0.2, -0.15) is 28.2 Å². The summed E-state index contributed by atoms with van der Waals surface area (Å²) in [6.07, 6.45) is 2.24. The van der Waals surface area contributed by atoms with Crippen LogP contribution < -0.4 is 10.4 Å². The number of benzene rings is 1. The molecule has 1 atom stereocenters. The van der Waals surface area contributed by atoms with E-state index in [1.165, 1.54) is 5.29 Å². The third-order valence-corrected chi connectivity index (χ3v) is 6.68. The van der Waals surface area contributed by atoms with E-state index in [2.05, 4.69) is 37.1 Å². The molecule has 1 aliphatic rings. The van der Waals surface area contributed by atoms with Crippen molar-refractivity contribution in [1.82, 2.24) is 30.0 Å². The van der Waals surface area contributed by atoms with Crippen LogP contribution in [0.25, 0.3) is 11.4 Å². The van der Waals surface area contributed by atoms with Gasteiger partial charge in [-0.3, -0.25) is 0 Å². The van der Waals surface area contributed by atoms with Crippen LogP contribution in [0.15, 0.2) is 49.4 Å². The molecule has 1 saturated carbocycles. The lowest BCUT2D eigenvalue weighted by atomic mass is 10.1. The average molecular weight is 487 g/mol. The summed E-state index contributed by atoms with van der Waals surface area (Å²) in [6, 6.07) is 7.69. The van der Waals surface area contributed by atoms with Crippen molar-refractivity contribution in [2.45, 2.75) is 51.2 Å². The fourth-order valence-corrected chi connectivity index (χ4v) is 4.80. The van der Waals surface area contributed by atoms with Gasteiger partial charge >= 0.3 is 6.18 Å². The van der Waals surface area contributed by atoms with E-state index in [1.54, 1.807) is 17.2 Å². The molecule has 1 aliphatic carbocycles. The van der Waals surface area contributed by atoms with E-state index in [9.17, 15) is 13.2 Å². The molecule has 1 fully saturated rings. The number of anilines is 1. The Labute approximate surface area is 197 Å². The van der Waals surface area contributed by atoms with Crippen molar-refractivity contribution in [3.05, 3.63) is 66.4 Å². The number of nitrogens with zero attached hydrogens (tertiary/aromatic N) is 5. The maximum atomic E-state index is 13.1. The lowest BCUT2D eigenvalue weighted by Gasteiger charge is -2.20. The molecule has 4 rings (SSSR count). The molecule has 178 valence electrons. The summed E-state index contributed by atoms with van der Waals surface area (Å²) in [5, 5.41) is 16.3. The molecule has 2 heterocycles. The van der Waals surface area contributed by atoms with Crippen LogP contribution in [0.4, 0.5) is 19.0 Å². The number of nitrogens with one attached hydrogen (secondary N) is 2. The zero-order chi connectivity index (χ0) is 24.3. The van der Waals surface area contributed by atoms with Gasteiger partial charge in [-0.1, -0.05) is 38.6 Å². The van der Waals surface area contributed by atoms with Gasteiger partial charge in [-0.15, -0.1) is 0 Å². The van der Waals surface area contributed by atoms with E-state index in [-0.39, 0.29) is 12.0 Å². The first kappa shape index (κ1) is 23.9. The Balaban J connectivity index is 1.52. The van der Waals surface area contributed by atoms with Crippen LogP contribution in [-0.4, -0.2) is 36.3 Å². The van der Waals surface area contributed by atoms with Crippen LogP contribution in [0.2, 0.25) is 0 Å². The fourth-order valence-electron chi connectivity index (χ4n) is 3.78. The van der Waals surface area contributed by atoms with Gasteiger partial charge in [0.05, 0.1) is 36.0 Å². The number of hydrogen-bond donors (Lipinski definition) is 2. The first-order chi connectivity index (χ1) is 16.2. The van der Waals surface area contributed by atoms with E-state index < -0.39 is 11.9 Å². The molecule has 0 radical (unpaired) electrons. The van der Waals surface area contributed by atoms with Crippen LogP contribution in [0.1, 0.15) is 56.0 Å². The standard InChI is InChI=1S/C23H25F3N7P/c1-14(2)21-22(27-13-20(31-21)23(24,25)26)30-17-8-6-10-19(17)34-32-15(3)16-7-4-5-9-18(16)33-28-11-12-29-33/h4-5,7,9,11-14,17,32H,3,6,8,10H2,1-2H3,(H,27,30)/t17-/m0/s1. The molecule has 3 aromatic rings. The van der Waals surface area contributed by atoms with Crippen molar-refractivity contribution >= 4 is 25.2 Å². The number of hydrogen-bond acceptors (Lipinski definition) is 6. The van der Waals surface area contributed by atoms with Crippen molar-refractivity contribution in [2.24, 2.45) is 0 Å². The van der Waals surface area contributed by atoms with Crippen molar-refractivity contribution in [3.8, 4) is 5.69 Å². The van der Waals surface area contributed by atoms with Crippen LogP contribution in [-0.2, 0) is 6.18 Å². The van der Waals surface area contributed by atoms with Gasteiger partial charge in [0.1, 0.15) is 5.82 Å². The van der Waals surface area contributed by atoms with Crippen molar-refractivity contribution in [2.75, 3.05) is 5.32 Å². The predicted molar refractivity (Wildman–Crippen MR) is 128 cm³/mol. The first-order valence-electron chi connectivity index (χ1n) is 10.9. The summed E-state index contributed by atoms with van der Waals surface area (Å²) < 4.78 is 39.3. The molecule has 34 heavy (non-hydrogen) atoms. The topological polar surface area (TPSA) is 80.5 Å². The third kappa shape index (κ3) is 5.28. The monoisotopic (exact) mass is 487 g/mol. The summed E-state index contributed by atoms with van der Waals surface area (Å²) in [5.41, 5.74) is 1.76. The molecule has 2 N–H and O–H groups in total.